The van der Waals surface area contributed by atoms with Crippen LogP contribution in [0.2, 0.25) is 0 Å². The molecule has 0 radical (unpaired) electrons. The monoisotopic (exact) mass is 387 g/mol. The summed E-state index contributed by atoms with van der Waals surface area (Å²) in [4.78, 5) is 4.32. The number of methoxy groups -OCH3 is 1. The molecule has 0 aliphatic heterocycles. The fourth-order valence-electron chi connectivity index (χ4n) is 4.09. The lowest BCUT2D eigenvalue weighted by atomic mass is 10.1. The number of aromatic nitrogens is 2. The first kappa shape index (κ1) is 19.5. The van der Waals surface area contributed by atoms with Crippen LogP contribution in [0.25, 0.3) is 11.8 Å². The van der Waals surface area contributed by atoms with Gasteiger partial charge in [-0.15, -0.1) is 0 Å². The van der Waals surface area contributed by atoms with Crippen LogP contribution in [0.4, 0.5) is 0 Å². The fraction of sp³-hybridized carbons (Fsp3) is 0.320. The van der Waals surface area contributed by atoms with Crippen molar-refractivity contribution in [2.45, 2.75) is 39.2 Å². The van der Waals surface area contributed by atoms with Gasteiger partial charge in [0.2, 0.25) is 0 Å². The Hall–Kier alpha value is -2.85. The van der Waals surface area contributed by atoms with Crippen LogP contribution in [0.5, 0.6) is 5.75 Å². The lowest BCUT2D eigenvalue weighted by Gasteiger charge is -2.16. The van der Waals surface area contributed by atoms with E-state index in [0.29, 0.717) is 6.04 Å². The number of nitrogens with one attached hydrogen (secondary N) is 1. The third-order valence-corrected chi connectivity index (χ3v) is 5.73. The van der Waals surface area contributed by atoms with E-state index in [1.165, 1.54) is 29.5 Å². The van der Waals surface area contributed by atoms with E-state index in [9.17, 15) is 0 Å². The van der Waals surface area contributed by atoms with Gasteiger partial charge in [-0.25, -0.2) is 4.98 Å². The SMILES string of the molecule is CCC(=Cc1ccc(-n2cnc(C)c2)c(OC)c1)CNC1CCc2ccccc21. The summed E-state index contributed by atoms with van der Waals surface area (Å²) in [6.45, 7) is 5.11. The maximum Gasteiger partial charge on any atom is 0.143 e. The summed E-state index contributed by atoms with van der Waals surface area (Å²) >= 11 is 0. The molecule has 4 rings (SSSR count). The average molecular weight is 388 g/mol. The van der Waals surface area contributed by atoms with Gasteiger partial charge in [0.15, 0.2) is 0 Å². The molecule has 1 aliphatic rings. The highest BCUT2D eigenvalue weighted by Crippen LogP contribution is 2.31. The first-order chi connectivity index (χ1) is 14.2. The van der Waals surface area contributed by atoms with E-state index in [1.807, 2.05) is 24.0 Å². The largest absolute Gasteiger partial charge is 0.495 e. The molecule has 1 aliphatic carbocycles. The molecule has 0 amide bonds. The summed E-state index contributed by atoms with van der Waals surface area (Å²) in [6.07, 6.45) is 9.48. The fourth-order valence-corrected chi connectivity index (χ4v) is 4.09. The van der Waals surface area contributed by atoms with Crippen molar-refractivity contribution < 1.29 is 4.74 Å². The molecule has 1 N–H and O–H groups in total. The zero-order valence-electron chi connectivity index (χ0n) is 17.5. The molecule has 0 fully saturated rings. The van der Waals surface area contributed by atoms with Crippen molar-refractivity contribution >= 4 is 6.08 Å². The van der Waals surface area contributed by atoms with Crippen LogP contribution < -0.4 is 10.1 Å². The van der Waals surface area contributed by atoms with Crippen molar-refractivity contribution in [2.24, 2.45) is 0 Å². The van der Waals surface area contributed by atoms with E-state index in [1.54, 1.807) is 7.11 Å². The van der Waals surface area contributed by atoms with Gasteiger partial charge in [-0.2, -0.15) is 0 Å². The summed E-state index contributed by atoms with van der Waals surface area (Å²) in [7, 11) is 1.72. The van der Waals surface area contributed by atoms with Crippen molar-refractivity contribution in [3.63, 3.8) is 0 Å². The smallest absolute Gasteiger partial charge is 0.143 e. The molecule has 1 heterocycles. The zero-order chi connectivity index (χ0) is 20.2. The maximum atomic E-state index is 5.65. The van der Waals surface area contributed by atoms with Gasteiger partial charge < -0.3 is 14.6 Å². The Kier molecular flexibility index (Phi) is 5.81. The minimum Gasteiger partial charge on any atom is -0.495 e. The quantitative estimate of drug-likeness (QED) is 0.601. The third kappa shape index (κ3) is 4.28. The zero-order valence-corrected chi connectivity index (χ0v) is 17.5. The highest BCUT2D eigenvalue weighted by atomic mass is 16.5. The Balaban J connectivity index is 1.50. The normalized spacial score (nSPS) is 16.1. The number of imidazole rings is 1. The number of hydrogen-bond acceptors (Lipinski definition) is 3. The minimum absolute atomic E-state index is 0.461. The van der Waals surface area contributed by atoms with Crippen molar-refractivity contribution in [1.29, 1.82) is 0 Å². The van der Waals surface area contributed by atoms with Crippen molar-refractivity contribution in [3.05, 3.63) is 82.9 Å². The second kappa shape index (κ2) is 8.66. The number of fused-ring (bicyclic) bond motifs is 1. The highest BCUT2D eigenvalue weighted by molar-refractivity contribution is 5.60. The van der Waals surface area contributed by atoms with Gasteiger partial charge in [0.05, 0.1) is 24.8 Å². The number of nitrogens with zero attached hydrogens (tertiary/aromatic N) is 2. The Morgan fingerprint density at radius 3 is 2.90 bits per heavy atom. The number of aryl methyl sites for hydroxylation is 2. The molecule has 3 aromatic rings. The standard InChI is InChI=1S/C25H29N3O/c1-4-19(15-26-23-11-10-21-7-5-6-8-22(21)23)13-20-9-12-24(25(14-20)29-3)28-16-18(2)27-17-28/h5-9,12-14,16-17,23,26H,4,10-11,15H2,1-3H3. The van der Waals surface area contributed by atoms with Gasteiger partial charge in [0, 0.05) is 18.8 Å². The minimum atomic E-state index is 0.461. The Morgan fingerprint density at radius 1 is 1.28 bits per heavy atom. The first-order valence-electron chi connectivity index (χ1n) is 10.4. The predicted octanol–water partition coefficient (Wildman–Crippen LogP) is 5.26. The Morgan fingerprint density at radius 2 is 2.14 bits per heavy atom. The molecule has 0 spiro atoms. The molecule has 1 atom stereocenters. The molecule has 4 heteroatoms. The van der Waals surface area contributed by atoms with E-state index in [0.717, 1.165) is 35.7 Å². The summed E-state index contributed by atoms with van der Waals surface area (Å²) in [6, 6.07) is 15.6. The van der Waals surface area contributed by atoms with Crippen molar-refractivity contribution in [1.82, 2.24) is 14.9 Å². The number of benzene rings is 2. The van der Waals surface area contributed by atoms with Crippen LogP contribution in [-0.4, -0.2) is 23.2 Å². The molecular formula is C25H29N3O. The Bertz CT molecular complexity index is 1020. The van der Waals surface area contributed by atoms with Gasteiger partial charge in [-0.3, -0.25) is 0 Å². The van der Waals surface area contributed by atoms with E-state index < -0.39 is 0 Å². The van der Waals surface area contributed by atoms with Crippen LogP contribution in [0.15, 0.2) is 60.6 Å². The summed E-state index contributed by atoms with van der Waals surface area (Å²) in [5.74, 6) is 0.851. The van der Waals surface area contributed by atoms with Crippen LogP contribution in [0.3, 0.4) is 0 Å². The van der Waals surface area contributed by atoms with Crippen LogP contribution >= 0.6 is 0 Å². The van der Waals surface area contributed by atoms with E-state index in [2.05, 4.69) is 65.8 Å². The van der Waals surface area contributed by atoms with Crippen LogP contribution in [0.1, 0.15) is 48.2 Å². The molecule has 0 saturated heterocycles. The first-order valence-corrected chi connectivity index (χ1v) is 10.4. The van der Waals surface area contributed by atoms with E-state index in [-0.39, 0.29) is 0 Å². The third-order valence-electron chi connectivity index (χ3n) is 5.73. The topological polar surface area (TPSA) is 39.1 Å². The number of rotatable bonds is 7. The number of hydrogen-bond donors (Lipinski definition) is 1. The van der Waals surface area contributed by atoms with E-state index >= 15 is 0 Å². The van der Waals surface area contributed by atoms with Gasteiger partial charge in [0.1, 0.15) is 5.75 Å². The summed E-state index contributed by atoms with van der Waals surface area (Å²) in [5.41, 5.74) is 7.50. The summed E-state index contributed by atoms with van der Waals surface area (Å²) in [5, 5.41) is 3.77. The second-order valence-electron chi connectivity index (χ2n) is 7.68. The molecule has 150 valence electrons. The molecular weight excluding hydrogens is 358 g/mol. The van der Waals surface area contributed by atoms with Crippen LogP contribution in [0, 0.1) is 6.92 Å². The average Bonchev–Trinajstić information content (AvgIpc) is 3.37. The van der Waals surface area contributed by atoms with Gasteiger partial charge in [-0.1, -0.05) is 48.9 Å². The van der Waals surface area contributed by atoms with Crippen LogP contribution in [-0.2, 0) is 6.42 Å². The van der Waals surface area contributed by atoms with E-state index in [4.69, 9.17) is 4.74 Å². The molecule has 0 bridgehead atoms. The lowest BCUT2D eigenvalue weighted by molar-refractivity contribution is 0.413. The molecule has 4 nitrogen and oxygen atoms in total. The summed E-state index contributed by atoms with van der Waals surface area (Å²) < 4.78 is 7.65. The Labute approximate surface area is 173 Å². The molecule has 0 saturated carbocycles. The van der Waals surface area contributed by atoms with Crippen molar-refractivity contribution in [3.8, 4) is 11.4 Å². The lowest BCUT2D eigenvalue weighted by Crippen LogP contribution is -2.21. The maximum absolute atomic E-state index is 5.65. The van der Waals surface area contributed by atoms with Crippen molar-refractivity contribution in [2.75, 3.05) is 13.7 Å². The molecule has 29 heavy (non-hydrogen) atoms. The second-order valence-corrected chi connectivity index (χ2v) is 7.68. The van der Waals surface area contributed by atoms with Gasteiger partial charge >= 0.3 is 0 Å². The van der Waals surface area contributed by atoms with Gasteiger partial charge in [-0.05, 0) is 55.0 Å². The number of ether oxygens (including phenoxy) is 1. The predicted molar refractivity (Wildman–Crippen MR) is 119 cm³/mol. The molecule has 2 aromatic carbocycles. The highest BCUT2D eigenvalue weighted by Gasteiger charge is 2.21. The molecule has 1 unspecified atom stereocenters. The van der Waals surface area contributed by atoms with Gasteiger partial charge in [0.25, 0.3) is 0 Å². The molecule has 1 aromatic heterocycles.